The molecule has 0 aromatic heterocycles. The monoisotopic (exact) mass is 299 g/mol. The van der Waals surface area contributed by atoms with Gasteiger partial charge in [-0.3, -0.25) is 9.05 Å². The maximum Gasteiger partial charge on any atom is 0.406 e. The molecule has 1 aromatic carbocycles. The largest absolute Gasteiger partial charge is 0.406 e. The highest BCUT2D eigenvalue weighted by atomic mass is 31.2. The van der Waals surface area contributed by atoms with E-state index < -0.39 is 18.9 Å². The summed E-state index contributed by atoms with van der Waals surface area (Å²) in [7, 11) is -3.38. The molecule has 1 N–H and O–H groups in total. The molecule has 0 heterocycles. The van der Waals surface area contributed by atoms with Gasteiger partial charge in [0.2, 0.25) is 0 Å². The summed E-state index contributed by atoms with van der Waals surface area (Å²) < 4.78 is 24.2. The Bertz CT molecular complexity index is 440. The van der Waals surface area contributed by atoms with Gasteiger partial charge in [0, 0.05) is 6.54 Å². The van der Waals surface area contributed by atoms with Crippen molar-refractivity contribution in [3.05, 3.63) is 35.9 Å². The van der Waals surface area contributed by atoms with Crippen LogP contribution in [0.4, 0.5) is 0 Å². The van der Waals surface area contributed by atoms with Crippen molar-refractivity contribution >= 4 is 7.75 Å². The average molecular weight is 299 g/mol. The summed E-state index contributed by atoms with van der Waals surface area (Å²) in [5.41, 5.74) is -0.0719. The third-order valence-electron chi connectivity index (χ3n) is 2.11. The van der Waals surface area contributed by atoms with Gasteiger partial charge >= 0.3 is 7.75 Å². The second kappa shape index (κ2) is 6.40. The van der Waals surface area contributed by atoms with Gasteiger partial charge in [-0.1, -0.05) is 30.3 Å². The summed E-state index contributed by atoms with van der Waals surface area (Å²) in [6.07, 6.45) is 0. The van der Waals surface area contributed by atoms with Crippen LogP contribution in [0.25, 0.3) is 0 Å². The summed E-state index contributed by atoms with van der Waals surface area (Å²) in [6.45, 7) is 11.6. The maximum absolute atomic E-state index is 12.9. The molecule has 1 rings (SSSR count). The minimum atomic E-state index is -3.38. The van der Waals surface area contributed by atoms with Gasteiger partial charge < -0.3 is 0 Å². The SMILES string of the molecule is CC(C)(C)OP(=O)(NCc1ccccc1)OC(C)(C)C. The molecule has 0 spiro atoms. The summed E-state index contributed by atoms with van der Waals surface area (Å²) in [4.78, 5) is 0. The van der Waals surface area contributed by atoms with E-state index in [0.29, 0.717) is 6.54 Å². The van der Waals surface area contributed by atoms with Crippen LogP contribution in [0.2, 0.25) is 0 Å². The smallest absolute Gasteiger partial charge is 0.291 e. The molecule has 4 nitrogen and oxygen atoms in total. The number of rotatable bonds is 5. The molecule has 114 valence electrons. The van der Waals surface area contributed by atoms with E-state index in [1.165, 1.54) is 0 Å². The highest BCUT2D eigenvalue weighted by molar-refractivity contribution is 7.51. The van der Waals surface area contributed by atoms with Gasteiger partial charge in [0.05, 0.1) is 11.2 Å². The first kappa shape index (κ1) is 17.4. The van der Waals surface area contributed by atoms with E-state index in [9.17, 15) is 4.57 Å². The summed E-state index contributed by atoms with van der Waals surface area (Å²) in [5, 5.41) is 2.94. The van der Waals surface area contributed by atoms with Gasteiger partial charge in [0.25, 0.3) is 0 Å². The Labute approximate surface area is 122 Å². The van der Waals surface area contributed by atoms with Crippen LogP contribution in [-0.2, 0) is 20.2 Å². The van der Waals surface area contributed by atoms with Crippen LogP contribution in [0.1, 0.15) is 47.1 Å². The normalized spacial score (nSPS) is 13.5. The molecule has 0 aliphatic carbocycles. The fourth-order valence-electron chi connectivity index (χ4n) is 1.59. The fourth-order valence-corrected chi connectivity index (χ4v) is 3.57. The Hall–Kier alpha value is -0.670. The standard InChI is InChI=1S/C15H26NO3P/c1-14(2,3)18-20(17,19-15(4,5)6)16-12-13-10-8-7-9-11-13/h7-11H,12H2,1-6H3,(H,16,17). The number of nitrogens with one attached hydrogen (secondary N) is 1. The molecule has 1 aromatic rings. The molecule has 0 unspecified atom stereocenters. The molecule has 0 aliphatic rings. The van der Waals surface area contributed by atoms with Crippen LogP contribution in [0, 0.1) is 0 Å². The molecule has 0 amide bonds. The van der Waals surface area contributed by atoms with E-state index >= 15 is 0 Å². The van der Waals surface area contributed by atoms with Crippen molar-refractivity contribution < 1.29 is 13.6 Å². The molecule has 0 saturated carbocycles. The van der Waals surface area contributed by atoms with Crippen LogP contribution in [0.5, 0.6) is 0 Å². The zero-order chi connectivity index (χ0) is 15.4. The van der Waals surface area contributed by atoms with Crippen LogP contribution < -0.4 is 5.09 Å². The number of hydrogen-bond acceptors (Lipinski definition) is 3. The van der Waals surface area contributed by atoms with Crippen molar-refractivity contribution in [2.24, 2.45) is 0 Å². The van der Waals surface area contributed by atoms with Gasteiger partial charge in [-0.2, -0.15) is 0 Å². The zero-order valence-electron chi connectivity index (χ0n) is 13.3. The van der Waals surface area contributed by atoms with Crippen molar-refractivity contribution in [3.63, 3.8) is 0 Å². The lowest BCUT2D eigenvalue weighted by Crippen LogP contribution is -2.29. The predicted molar refractivity (Wildman–Crippen MR) is 82.6 cm³/mol. The number of benzene rings is 1. The third-order valence-corrected chi connectivity index (χ3v) is 4.23. The van der Waals surface area contributed by atoms with Crippen LogP contribution in [0.15, 0.2) is 30.3 Å². The zero-order valence-corrected chi connectivity index (χ0v) is 14.2. The van der Waals surface area contributed by atoms with Gasteiger partial charge in [0.1, 0.15) is 0 Å². The van der Waals surface area contributed by atoms with E-state index in [-0.39, 0.29) is 0 Å². The summed E-state index contributed by atoms with van der Waals surface area (Å²) in [5.74, 6) is 0. The van der Waals surface area contributed by atoms with Crippen LogP contribution in [-0.4, -0.2) is 11.2 Å². The van der Waals surface area contributed by atoms with Gasteiger partial charge in [-0.25, -0.2) is 9.65 Å². The first-order chi connectivity index (χ1) is 8.99. The van der Waals surface area contributed by atoms with Crippen molar-refractivity contribution in [2.75, 3.05) is 0 Å². The highest BCUT2D eigenvalue weighted by Gasteiger charge is 2.35. The minimum absolute atomic E-state index is 0.435. The lowest BCUT2D eigenvalue weighted by Gasteiger charge is -2.32. The van der Waals surface area contributed by atoms with E-state index in [1.807, 2.05) is 71.9 Å². The van der Waals surface area contributed by atoms with E-state index in [0.717, 1.165) is 5.56 Å². The number of hydrogen-bond donors (Lipinski definition) is 1. The summed E-state index contributed by atoms with van der Waals surface area (Å²) >= 11 is 0. The molecule has 0 radical (unpaired) electrons. The van der Waals surface area contributed by atoms with Crippen molar-refractivity contribution in [3.8, 4) is 0 Å². The maximum atomic E-state index is 12.9. The molecular weight excluding hydrogens is 273 g/mol. The third kappa shape index (κ3) is 7.20. The first-order valence-corrected chi connectivity index (χ1v) is 8.34. The molecule has 0 bridgehead atoms. The molecule has 0 fully saturated rings. The molecule has 5 heteroatoms. The molecular formula is C15H26NO3P. The molecule has 0 saturated heterocycles. The second-order valence-electron chi connectivity index (χ2n) is 6.73. The van der Waals surface area contributed by atoms with Gasteiger partial charge in [-0.05, 0) is 47.1 Å². The van der Waals surface area contributed by atoms with Crippen molar-refractivity contribution in [1.29, 1.82) is 0 Å². The Morgan fingerprint density at radius 2 is 1.40 bits per heavy atom. The highest BCUT2D eigenvalue weighted by Crippen LogP contribution is 2.50. The minimum Gasteiger partial charge on any atom is -0.291 e. The van der Waals surface area contributed by atoms with Crippen LogP contribution >= 0.6 is 7.75 Å². The average Bonchev–Trinajstić information content (AvgIpc) is 2.23. The van der Waals surface area contributed by atoms with Crippen molar-refractivity contribution in [2.45, 2.75) is 59.3 Å². The lowest BCUT2D eigenvalue weighted by atomic mass is 10.2. The summed E-state index contributed by atoms with van der Waals surface area (Å²) in [6, 6.07) is 9.76. The quantitative estimate of drug-likeness (QED) is 0.812. The predicted octanol–water partition coefficient (Wildman–Crippen LogP) is 4.51. The topological polar surface area (TPSA) is 47.6 Å². The Morgan fingerprint density at radius 1 is 0.950 bits per heavy atom. The van der Waals surface area contributed by atoms with E-state index in [2.05, 4.69) is 5.09 Å². The molecule has 0 aliphatic heterocycles. The lowest BCUT2D eigenvalue weighted by molar-refractivity contribution is 0.0440. The second-order valence-corrected chi connectivity index (χ2v) is 8.40. The van der Waals surface area contributed by atoms with E-state index in [4.69, 9.17) is 9.05 Å². The molecule has 0 atom stereocenters. The van der Waals surface area contributed by atoms with Crippen LogP contribution in [0.3, 0.4) is 0 Å². The Morgan fingerprint density at radius 3 is 1.80 bits per heavy atom. The van der Waals surface area contributed by atoms with E-state index in [1.54, 1.807) is 0 Å². The van der Waals surface area contributed by atoms with Gasteiger partial charge in [0.15, 0.2) is 0 Å². The first-order valence-electron chi connectivity index (χ1n) is 6.80. The Balaban J connectivity index is 2.80. The molecule has 20 heavy (non-hydrogen) atoms. The van der Waals surface area contributed by atoms with Gasteiger partial charge in [-0.15, -0.1) is 0 Å². The fraction of sp³-hybridized carbons (Fsp3) is 0.600. The Kier molecular flexibility index (Phi) is 5.56. The van der Waals surface area contributed by atoms with Crippen molar-refractivity contribution in [1.82, 2.24) is 5.09 Å².